The second-order valence-electron chi connectivity index (χ2n) is 7.78. The van der Waals surface area contributed by atoms with E-state index >= 15 is 0 Å². The van der Waals surface area contributed by atoms with Gasteiger partial charge in [0.05, 0.1) is 13.2 Å². The van der Waals surface area contributed by atoms with Crippen LogP contribution in [-0.4, -0.2) is 38.4 Å². The molecule has 0 amide bonds. The van der Waals surface area contributed by atoms with Gasteiger partial charge in [0.2, 0.25) is 0 Å². The van der Waals surface area contributed by atoms with Crippen LogP contribution in [0.2, 0.25) is 0 Å². The summed E-state index contributed by atoms with van der Waals surface area (Å²) < 4.78 is 20.8. The van der Waals surface area contributed by atoms with Gasteiger partial charge in [-0.15, -0.1) is 0 Å². The maximum atomic E-state index is 10.9. The van der Waals surface area contributed by atoms with Crippen molar-refractivity contribution in [2.45, 2.75) is 98.8 Å². The molecule has 0 spiro atoms. The average molecular weight is 413 g/mol. The molecule has 0 aliphatic rings. The molecule has 0 aromatic carbocycles. The van der Waals surface area contributed by atoms with Crippen LogP contribution in [0, 0.1) is 0 Å². The number of rotatable bonds is 17. The van der Waals surface area contributed by atoms with Crippen LogP contribution in [0.15, 0.2) is 0 Å². The minimum atomic E-state index is -2.18. The standard InChI is InChI=1S/C13H31P.C8H19O3P/c1-5-8-11-14(4,12-9-6-2)13-10-7-3;1-3-5-7-10-12(9)11-8-6-4-2/h14H,5-13H2,1-4H3;12H,3-8H2,1-2H3. The second-order valence-corrected chi connectivity index (χ2v) is 14.0. The van der Waals surface area contributed by atoms with E-state index in [9.17, 15) is 4.57 Å². The third-order valence-electron chi connectivity index (χ3n) is 4.84. The number of hydrogen-bond donors (Lipinski definition) is 0. The summed E-state index contributed by atoms with van der Waals surface area (Å²) in [5.41, 5.74) is 0. The molecule has 0 N–H and O–H groups in total. The fourth-order valence-corrected chi connectivity index (χ4v) is 7.90. The Bertz CT molecular complexity index is 265. The molecule has 162 valence electrons. The quantitative estimate of drug-likeness (QED) is 0.181. The molecule has 0 aliphatic heterocycles. The van der Waals surface area contributed by atoms with Crippen LogP contribution >= 0.6 is 15.5 Å². The molecule has 0 saturated carbocycles. The van der Waals surface area contributed by atoms with Crippen molar-refractivity contribution in [2.75, 3.05) is 38.4 Å². The first-order valence-corrected chi connectivity index (χ1v) is 15.6. The van der Waals surface area contributed by atoms with E-state index in [0.29, 0.717) is 13.2 Å². The zero-order valence-electron chi connectivity index (χ0n) is 18.8. The molecule has 0 radical (unpaired) electrons. The van der Waals surface area contributed by atoms with Gasteiger partial charge in [0.1, 0.15) is 0 Å². The van der Waals surface area contributed by atoms with Gasteiger partial charge in [-0.25, -0.2) is 0 Å². The zero-order valence-corrected chi connectivity index (χ0v) is 20.8. The molecule has 0 atom stereocenters. The first-order chi connectivity index (χ1) is 12.5. The summed E-state index contributed by atoms with van der Waals surface area (Å²) in [5, 5.41) is 0. The summed E-state index contributed by atoms with van der Waals surface area (Å²) in [6.07, 6.45) is 17.4. The molecular weight excluding hydrogens is 362 g/mol. The van der Waals surface area contributed by atoms with E-state index in [2.05, 4.69) is 41.3 Å². The van der Waals surface area contributed by atoms with Crippen molar-refractivity contribution in [3.63, 3.8) is 0 Å². The van der Waals surface area contributed by atoms with Gasteiger partial charge < -0.3 is 9.05 Å². The second kappa shape index (κ2) is 21.9. The van der Waals surface area contributed by atoms with Crippen molar-refractivity contribution in [3.8, 4) is 0 Å². The van der Waals surface area contributed by atoms with Crippen LogP contribution in [-0.2, 0) is 13.6 Å². The predicted molar refractivity (Wildman–Crippen MR) is 124 cm³/mol. The zero-order chi connectivity index (χ0) is 20.1. The fraction of sp³-hybridized carbons (Fsp3) is 1.00. The van der Waals surface area contributed by atoms with Crippen LogP contribution in [0.3, 0.4) is 0 Å². The molecule has 0 saturated heterocycles. The molecule has 0 unspecified atom stereocenters. The van der Waals surface area contributed by atoms with Crippen LogP contribution in [0.25, 0.3) is 0 Å². The Morgan fingerprint density at radius 3 is 1.19 bits per heavy atom. The monoisotopic (exact) mass is 412 g/mol. The number of unbranched alkanes of at least 4 members (excludes halogenated alkanes) is 5. The fourth-order valence-electron chi connectivity index (χ4n) is 2.83. The van der Waals surface area contributed by atoms with Gasteiger partial charge in [0.15, 0.2) is 0 Å². The van der Waals surface area contributed by atoms with Crippen LogP contribution in [0.5, 0.6) is 0 Å². The molecular formula is C21H50O3P2. The van der Waals surface area contributed by atoms with E-state index in [1.54, 1.807) is 18.5 Å². The Hall–Kier alpha value is 0.580. The molecule has 0 aliphatic carbocycles. The van der Waals surface area contributed by atoms with Gasteiger partial charge >= 0.3 is 100.0 Å². The van der Waals surface area contributed by atoms with E-state index < -0.39 is 15.5 Å². The van der Waals surface area contributed by atoms with Crippen molar-refractivity contribution in [3.05, 3.63) is 0 Å². The third kappa shape index (κ3) is 20.9. The Morgan fingerprint density at radius 2 is 0.923 bits per heavy atom. The average Bonchev–Trinajstić information content (AvgIpc) is 2.64. The minimum absolute atomic E-state index is 0.556. The van der Waals surface area contributed by atoms with Crippen molar-refractivity contribution in [1.29, 1.82) is 0 Å². The molecule has 0 aromatic heterocycles. The van der Waals surface area contributed by atoms with Gasteiger partial charge in [0.25, 0.3) is 0 Å². The van der Waals surface area contributed by atoms with Crippen LogP contribution in [0.1, 0.15) is 98.8 Å². The summed E-state index contributed by atoms with van der Waals surface area (Å²) >= 11 is 0. The van der Waals surface area contributed by atoms with E-state index in [1.165, 1.54) is 38.5 Å². The molecule has 26 heavy (non-hydrogen) atoms. The molecule has 0 rings (SSSR count). The summed E-state index contributed by atoms with van der Waals surface area (Å²) in [4.78, 5) is 0. The number of hydrogen-bond acceptors (Lipinski definition) is 3. The van der Waals surface area contributed by atoms with Crippen molar-refractivity contribution in [2.24, 2.45) is 0 Å². The Labute approximate surface area is 166 Å². The summed E-state index contributed by atoms with van der Waals surface area (Å²) in [7, 11) is -3.00. The summed E-state index contributed by atoms with van der Waals surface area (Å²) in [6, 6.07) is 0. The van der Waals surface area contributed by atoms with Gasteiger partial charge in [-0.05, 0) is 12.8 Å². The van der Waals surface area contributed by atoms with Gasteiger partial charge in [-0.2, -0.15) is 0 Å². The van der Waals surface area contributed by atoms with E-state index in [4.69, 9.17) is 9.05 Å². The van der Waals surface area contributed by atoms with E-state index in [0.717, 1.165) is 25.7 Å². The summed E-state index contributed by atoms with van der Waals surface area (Å²) in [6.45, 7) is 14.9. The van der Waals surface area contributed by atoms with E-state index in [1.807, 2.05) is 0 Å². The molecule has 0 aromatic rings. The Balaban J connectivity index is 0. The maximum absolute atomic E-state index is 10.9. The molecule has 5 heteroatoms. The first-order valence-electron chi connectivity index (χ1n) is 11.3. The SMILES string of the molecule is CCCCO[PH](=O)OCCCC.CCCC[PH](C)(CCCC)CCCC. The van der Waals surface area contributed by atoms with Gasteiger partial charge in [-0.1, -0.05) is 26.7 Å². The predicted octanol–water partition coefficient (Wildman–Crippen LogP) is 7.78. The van der Waals surface area contributed by atoms with E-state index in [-0.39, 0.29) is 0 Å². The first kappa shape index (κ1) is 28.8. The Kier molecular flexibility index (Phi) is 24.2. The third-order valence-corrected chi connectivity index (χ3v) is 10.4. The topological polar surface area (TPSA) is 35.5 Å². The van der Waals surface area contributed by atoms with Gasteiger partial charge in [-0.3, -0.25) is 4.57 Å². The normalized spacial score (nSPS) is 12.1. The molecule has 3 nitrogen and oxygen atoms in total. The van der Waals surface area contributed by atoms with Crippen LogP contribution in [0.4, 0.5) is 0 Å². The van der Waals surface area contributed by atoms with Crippen molar-refractivity contribution >= 4 is 15.5 Å². The van der Waals surface area contributed by atoms with Gasteiger partial charge in [0, 0.05) is 0 Å². The molecule has 0 bridgehead atoms. The van der Waals surface area contributed by atoms with Crippen molar-refractivity contribution in [1.82, 2.24) is 0 Å². The van der Waals surface area contributed by atoms with Crippen molar-refractivity contribution < 1.29 is 13.6 Å². The Morgan fingerprint density at radius 1 is 0.615 bits per heavy atom. The molecule has 0 fully saturated rings. The molecule has 0 heterocycles. The summed E-state index contributed by atoms with van der Waals surface area (Å²) in [5.74, 6) is 0. The van der Waals surface area contributed by atoms with Crippen LogP contribution < -0.4 is 0 Å².